The number of hydrogen-bond acceptors (Lipinski definition) is 5. The Morgan fingerprint density at radius 1 is 1.05 bits per heavy atom. The minimum absolute atomic E-state index is 0.0493. The second-order valence-electron chi connectivity index (χ2n) is 4.24. The van der Waals surface area contributed by atoms with Crippen molar-refractivity contribution < 1.29 is 9.59 Å². The quantitative estimate of drug-likeness (QED) is 0.581. The molecule has 2 aromatic heterocycles. The molecule has 19 heavy (non-hydrogen) atoms. The van der Waals surface area contributed by atoms with E-state index in [0.29, 0.717) is 0 Å². The molecule has 0 unspecified atom stereocenters. The Hall–Kier alpha value is -2.77. The Kier molecular flexibility index (Phi) is 2.01. The topological polar surface area (TPSA) is 103 Å². The van der Waals surface area contributed by atoms with Gasteiger partial charge in [0.05, 0.1) is 10.9 Å². The van der Waals surface area contributed by atoms with Crippen LogP contribution in [-0.2, 0) is 14.1 Å². The minimum atomic E-state index is -0.630. The van der Waals surface area contributed by atoms with Crippen molar-refractivity contribution in [2.24, 2.45) is 14.1 Å². The summed E-state index contributed by atoms with van der Waals surface area (Å²) in [4.78, 5) is 50.7. The van der Waals surface area contributed by atoms with Crippen molar-refractivity contribution in [2.75, 3.05) is 0 Å². The summed E-state index contributed by atoms with van der Waals surface area (Å²) in [5.41, 5.74) is -1.04. The van der Waals surface area contributed by atoms with Gasteiger partial charge in [-0.15, -0.1) is 0 Å². The molecule has 96 valence electrons. The molecule has 2 aromatic rings. The molecular weight excluding hydrogens is 252 g/mol. The number of carbonyl (C=O) groups excluding carboxylic acids is 2. The predicted molar refractivity (Wildman–Crippen MR) is 64.0 cm³/mol. The highest BCUT2D eigenvalue weighted by atomic mass is 16.2. The third-order valence-electron chi connectivity index (χ3n) is 3.12. The van der Waals surface area contributed by atoms with Gasteiger partial charge in [0, 0.05) is 14.1 Å². The van der Waals surface area contributed by atoms with Crippen molar-refractivity contribution in [3.8, 4) is 0 Å². The van der Waals surface area contributed by atoms with Gasteiger partial charge >= 0.3 is 5.69 Å². The van der Waals surface area contributed by atoms with Gasteiger partial charge in [-0.25, -0.2) is 9.78 Å². The number of aromatic nitrogens is 3. The first kappa shape index (κ1) is 11.3. The number of carbonyl (C=O) groups is 2. The Bertz CT molecular complexity index is 890. The summed E-state index contributed by atoms with van der Waals surface area (Å²) < 4.78 is 2.08. The lowest BCUT2D eigenvalue weighted by Crippen LogP contribution is -2.37. The number of rotatable bonds is 0. The summed E-state index contributed by atoms with van der Waals surface area (Å²) in [6.07, 6.45) is 0. The number of aryl methyl sites for hydroxylation is 1. The zero-order valence-electron chi connectivity index (χ0n) is 10.1. The lowest BCUT2D eigenvalue weighted by Gasteiger charge is -2.07. The maximum absolute atomic E-state index is 12.0. The second-order valence-corrected chi connectivity index (χ2v) is 4.24. The lowest BCUT2D eigenvalue weighted by molar-refractivity contribution is 0.0878. The Morgan fingerprint density at radius 2 is 1.74 bits per heavy atom. The number of nitrogens with one attached hydrogen (secondary N) is 1. The third kappa shape index (κ3) is 1.30. The Balaban J connectivity index is 2.58. The third-order valence-corrected chi connectivity index (χ3v) is 3.12. The van der Waals surface area contributed by atoms with Crippen LogP contribution in [0, 0.1) is 0 Å². The fraction of sp³-hybridized carbons (Fsp3) is 0.182. The van der Waals surface area contributed by atoms with Crippen molar-refractivity contribution in [2.45, 2.75) is 0 Å². The van der Waals surface area contributed by atoms with Gasteiger partial charge in [-0.3, -0.25) is 28.8 Å². The molecule has 0 aliphatic carbocycles. The van der Waals surface area contributed by atoms with Crippen molar-refractivity contribution in [3.63, 3.8) is 0 Å². The van der Waals surface area contributed by atoms with Gasteiger partial charge in [0.2, 0.25) is 0 Å². The average molecular weight is 260 g/mol. The molecule has 2 amide bonds. The smallest absolute Gasteiger partial charge is 0.287 e. The SMILES string of the molecule is Cn1c(=O)c2cc3c(nc2n(C)c1=O)C(=O)NC3=O. The number of amides is 2. The minimum Gasteiger partial charge on any atom is -0.287 e. The molecule has 0 fully saturated rings. The van der Waals surface area contributed by atoms with E-state index in [-0.39, 0.29) is 22.3 Å². The highest BCUT2D eigenvalue weighted by molar-refractivity contribution is 6.21. The first-order valence-electron chi connectivity index (χ1n) is 5.38. The van der Waals surface area contributed by atoms with E-state index in [1.807, 2.05) is 0 Å². The molecule has 1 N–H and O–H groups in total. The molecule has 0 saturated carbocycles. The average Bonchev–Trinajstić information content (AvgIpc) is 2.67. The molecule has 0 bridgehead atoms. The molecule has 0 saturated heterocycles. The van der Waals surface area contributed by atoms with Crippen LogP contribution in [0.25, 0.3) is 11.0 Å². The summed E-state index contributed by atoms with van der Waals surface area (Å²) >= 11 is 0. The Morgan fingerprint density at radius 3 is 2.42 bits per heavy atom. The number of fused-ring (bicyclic) bond motifs is 2. The number of nitrogens with zero attached hydrogens (tertiary/aromatic N) is 3. The predicted octanol–water partition coefficient (Wildman–Crippen LogP) is -1.48. The van der Waals surface area contributed by atoms with Gasteiger partial charge in [0.25, 0.3) is 17.4 Å². The van der Waals surface area contributed by atoms with Crippen LogP contribution in [-0.4, -0.2) is 25.9 Å². The van der Waals surface area contributed by atoms with Gasteiger partial charge < -0.3 is 0 Å². The van der Waals surface area contributed by atoms with E-state index in [1.165, 1.54) is 20.2 Å². The first-order valence-corrected chi connectivity index (χ1v) is 5.38. The van der Waals surface area contributed by atoms with E-state index < -0.39 is 23.1 Å². The van der Waals surface area contributed by atoms with E-state index in [1.54, 1.807) is 0 Å². The van der Waals surface area contributed by atoms with Gasteiger partial charge in [-0.2, -0.15) is 0 Å². The molecule has 3 heterocycles. The van der Waals surface area contributed by atoms with Crippen LogP contribution in [0.4, 0.5) is 0 Å². The lowest BCUT2D eigenvalue weighted by atomic mass is 10.2. The molecule has 1 aliphatic rings. The van der Waals surface area contributed by atoms with Crippen molar-refractivity contribution >= 4 is 22.8 Å². The molecule has 1 aliphatic heterocycles. The molecule has 0 spiro atoms. The second kappa shape index (κ2) is 3.37. The van der Waals surface area contributed by atoms with Crippen LogP contribution < -0.4 is 16.6 Å². The summed E-state index contributed by atoms with van der Waals surface area (Å²) in [6.45, 7) is 0. The normalized spacial score (nSPS) is 13.8. The van der Waals surface area contributed by atoms with Crippen LogP contribution in [0.15, 0.2) is 15.7 Å². The van der Waals surface area contributed by atoms with Crippen molar-refractivity contribution in [1.82, 2.24) is 19.4 Å². The van der Waals surface area contributed by atoms with Gasteiger partial charge in [-0.1, -0.05) is 0 Å². The molecule has 8 heteroatoms. The number of imide groups is 1. The zero-order chi connectivity index (χ0) is 13.9. The van der Waals surface area contributed by atoms with Crippen LogP contribution in [0.3, 0.4) is 0 Å². The van der Waals surface area contributed by atoms with Crippen LogP contribution in [0.1, 0.15) is 20.8 Å². The highest BCUT2D eigenvalue weighted by Crippen LogP contribution is 2.17. The monoisotopic (exact) mass is 260 g/mol. The van der Waals surface area contributed by atoms with Crippen molar-refractivity contribution in [3.05, 3.63) is 38.2 Å². The molecule has 0 atom stereocenters. The van der Waals surface area contributed by atoms with Gasteiger partial charge in [0.1, 0.15) is 11.3 Å². The van der Waals surface area contributed by atoms with Crippen LogP contribution in [0.2, 0.25) is 0 Å². The molecule has 0 radical (unpaired) electrons. The van der Waals surface area contributed by atoms with Crippen LogP contribution >= 0.6 is 0 Å². The standard InChI is InChI=1S/C11H8N4O4/c1-14-7-5(10(18)15(2)11(14)19)3-4-6(12-7)9(17)13-8(4)16/h3H,1-2H3,(H,13,16,17). The van der Waals surface area contributed by atoms with E-state index in [2.05, 4.69) is 10.3 Å². The number of pyridine rings is 1. The fourth-order valence-corrected chi connectivity index (χ4v) is 2.08. The van der Waals surface area contributed by atoms with Crippen molar-refractivity contribution in [1.29, 1.82) is 0 Å². The van der Waals surface area contributed by atoms with Gasteiger partial charge in [-0.05, 0) is 6.07 Å². The maximum Gasteiger partial charge on any atom is 0.332 e. The molecule has 8 nitrogen and oxygen atoms in total. The van der Waals surface area contributed by atoms with E-state index in [0.717, 1.165) is 9.13 Å². The fourth-order valence-electron chi connectivity index (χ4n) is 2.08. The Labute approximate surface area is 105 Å². The van der Waals surface area contributed by atoms with E-state index >= 15 is 0 Å². The summed E-state index contributed by atoms with van der Waals surface area (Å²) in [5, 5.41) is 2.21. The molecular formula is C11H8N4O4. The summed E-state index contributed by atoms with van der Waals surface area (Å²) in [7, 11) is 2.78. The largest absolute Gasteiger partial charge is 0.332 e. The van der Waals surface area contributed by atoms with Gasteiger partial charge in [0.15, 0.2) is 0 Å². The first-order chi connectivity index (χ1) is 8.91. The molecule has 0 aromatic carbocycles. The van der Waals surface area contributed by atoms with Crippen LogP contribution in [0.5, 0.6) is 0 Å². The molecule has 3 rings (SSSR count). The summed E-state index contributed by atoms with van der Waals surface area (Å²) in [6, 6.07) is 1.29. The maximum atomic E-state index is 12.0. The van der Waals surface area contributed by atoms with E-state index in [4.69, 9.17) is 0 Å². The zero-order valence-corrected chi connectivity index (χ0v) is 10.1. The highest BCUT2D eigenvalue weighted by Gasteiger charge is 2.30. The van der Waals surface area contributed by atoms with E-state index in [9.17, 15) is 19.2 Å². The number of hydrogen-bond donors (Lipinski definition) is 1. The summed E-state index contributed by atoms with van der Waals surface area (Å²) in [5.74, 6) is -1.22.